The summed E-state index contributed by atoms with van der Waals surface area (Å²) >= 11 is 0. The highest BCUT2D eigenvalue weighted by Crippen LogP contribution is 2.20. The number of hydrogen-bond donors (Lipinski definition) is 2. The molecule has 0 fully saturated rings. The van der Waals surface area contributed by atoms with E-state index in [0.29, 0.717) is 0 Å². The maximum absolute atomic E-state index is 11.7. The van der Waals surface area contributed by atoms with Gasteiger partial charge in [0.15, 0.2) is 6.04 Å². The van der Waals surface area contributed by atoms with Gasteiger partial charge in [0.1, 0.15) is 0 Å². The van der Waals surface area contributed by atoms with Crippen LogP contribution in [0.15, 0.2) is 0 Å². The van der Waals surface area contributed by atoms with E-state index in [0.717, 1.165) is 0 Å². The Balaban J connectivity index is 4.05. The molecule has 0 aromatic heterocycles. The molecule has 0 saturated carbocycles. The van der Waals surface area contributed by atoms with Crippen LogP contribution in [0.5, 0.6) is 0 Å². The van der Waals surface area contributed by atoms with Crippen molar-refractivity contribution in [1.82, 2.24) is 5.32 Å². The van der Waals surface area contributed by atoms with Crippen molar-refractivity contribution in [2.24, 2.45) is 0 Å². The first kappa shape index (κ1) is 14.7. The SMILES string of the molecule is COCC(NC(=O)CCC(F)(F)F)C(=O)O. The molecule has 0 bridgehead atoms. The summed E-state index contributed by atoms with van der Waals surface area (Å²) in [5.41, 5.74) is 0. The third-order valence-corrected chi connectivity index (χ3v) is 1.60. The molecule has 16 heavy (non-hydrogen) atoms. The Morgan fingerprint density at radius 1 is 1.44 bits per heavy atom. The van der Waals surface area contributed by atoms with Crippen molar-refractivity contribution < 1.29 is 32.6 Å². The minimum Gasteiger partial charge on any atom is -0.480 e. The van der Waals surface area contributed by atoms with Crippen molar-refractivity contribution in [2.75, 3.05) is 13.7 Å². The second-order valence-corrected chi connectivity index (χ2v) is 3.03. The van der Waals surface area contributed by atoms with Crippen LogP contribution in [0.2, 0.25) is 0 Å². The molecule has 0 heterocycles. The number of hydrogen-bond acceptors (Lipinski definition) is 3. The molecule has 0 radical (unpaired) electrons. The molecular weight excluding hydrogens is 231 g/mol. The van der Waals surface area contributed by atoms with Crippen LogP contribution >= 0.6 is 0 Å². The van der Waals surface area contributed by atoms with Crippen LogP contribution in [-0.2, 0) is 14.3 Å². The molecule has 0 spiro atoms. The maximum atomic E-state index is 11.7. The van der Waals surface area contributed by atoms with Gasteiger partial charge >= 0.3 is 12.1 Å². The number of carbonyl (C=O) groups excluding carboxylic acids is 1. The minimum atomic E-state index is -4.43. The van der Waals surface area contributed by atoms with Gasteiger partial charge in [-0.3, -0.25) is 4.79 Å². The van der Waals surface area contributed by atoms with Crippen LogP contribution in [0, 0.1) is 0 Å². The quantitative estimate of drug-likeness (QED) is 0.714. The summed E-state index contributed by atoms with van der Waals surface area (Å²) in [6, 6.07) is -1.33. The predicted molar refractivity (Wildman–Crippen MR) is 46.7 cm³/mol. The second-order valence-electron chi connectivity index (χ2n) is 3.03. The normalized spacial score (nSPS) is 13.2. The predicted octanol–water partition coefficient (Wildman–Crippen LogP) is 0.545. The summed E-state index contributed by atoms with van der Waals surface area (Å²) in [6.45, 7) is -0.299. The lowest BCUT2D eigenvalue weighted by molar-refractivity contribution is -0.147. The number of ether oxygens (including phenoxy) is 1. The van der Waals surface area contributed by atoms with Crippen LogP contribution < -0.4 is 5.32 Å². The number of carboxylic acids is 1. The van der Waals surface area contributed by atoms with Crippen molar-refractivity contribution in [2.45, 2.75) is 25.1 Å². The van der Waals surface area contributed by atoms with Gasteiger partial charge in [-0.1, -0.05) is 0 Å². The number of carbonyl (C=O) groups is 2. The topological polar surface area (TPSA) is 75.6 Å². The Bertz CT molecular complexity index is 254. The van der Waals surface area contributed by atoms with Crippen LogP contribution in [0.1, 0.15) is 12.8 Å². The first-order valence-electron chi connectivity index (χ1n) is 4.34. The van der Waals surface area contributed by atoms with E-state index in [9.17, 15) is 22.8 Å². The summed E-state index contributed by atoms with van der Waals surface area (Å²) in [6.07, 6.45) is -6.51. The van der Waals surface area contributed by atoms with Gasteiger partial charge < -0.3 is 15.2 Å². The molecule has 0 rings (SSSR count). The van der Waals surface area contributed by atoms with Crippen molar-refractivity contribution in [3.05, 3.63) is 0 Å². The number of carboxylic acid groups (broad SMARTS) is 1. The van der Waals surface area contributed by atoms with E-state index in [1.807, 2.05) is 5.32 Å². The summed E-state index contributed by atoms with van der Waals surface area (Å²) < 4.78 is 39.7. The first-order chi connectivity index (χ1) is 7.26. The molecule has 1 unspecified atom stereocenters. The van der Waals surface area contributed by atoms with E-state index >= 15 is 0 Å². The zero-order valence-electron chi connectivity index (χ0n) is 8.50. The van der Waals surface area contributed by atoms with Gasteiger partial charge in [0, 0.05) is 13.5 Å². The smallest absolute Gasteiger partial charge is 0.389 e. The molecule has 0 saturated heterocycles. The maximum Gasteiger partial charge on any atom is 0.389 e. The molecule has 0 aromatic carbocycles. The van der Waals surface area contributed by atoms with E-state index in [-0.39, 0.29) is 6.61 Å². The van der Waals surface area contributed by atoms with Gasteiger partial charge in [0.2, 0.25) is 5.91 Å². The fourth-order valence-electron chi connectivity index (χ4n) is 0.863. The highest BCUT2D eigenvalue weighted by atomic mass is 19.4. The Morgan fingerprint density at radius 2 is 2.00 bits per heavy atom. The standard InChI is InChI=1S/C8H12F3NO4/c1-16-4-5(7(14)15)12-6(13)2-3-8(9,10)11/h5H,2-4H2,1H3,(H,12,13)(H,14,15). The third kappa shape index (κ3) is 7.04. The summed E-state index contributed by atoms with van der Waals surface area (Å²) in [7, 11) is 1.22. The molecule has 8 heteroatoms. The average Bonchev–Trinajstić information content (AvgIpc) is 2.13. The largest absolute Gasteiger partial charge is 0.480 e. The number of amides is 1. The zero-order chi connectivity index (χ0) is 12.8. The minimum absolute atomic E-state index is 0.299. The lowest BCUT2D eigenvalue weighted by Gasteiger charge is -2.13. The molecule has 2 N–H and O–H groups in total. The van der Waals surface area contributed by atoms with Crippen molar-refractivity contribution >= 4 is 11.9 Å². The third-order valence-electron chi connectivity index (χ3n) is 1.60. The molecular formula is C8H12F3NO4. The Hall–Kier alpha value is -1.31. The average molecular weight is 243 g/mol. The number of rotatable bonds is 6. The van der Waals surface area contributed by atoms with E-state index < -0.39 is 36.9 Å². The Morgan fingerprint density at radius 3 is 2.38 bits per heavy atom. The van der Waals surface area contributed by atoms with E-state index in [1.54, 1.807) is 0 Å². The van der Waals surface area contributed by atoms with Crippen LogP contribution in [0.25, 0.3) is 0 Å². The second kappa shape index (κ2) is 6.31. The van der Waals surface area contributed by atoms with Crippen molar-refractivity contribution in [3.8, 4) is 0 Å². The van der Waals surface area contributed by atoms with Crippen LogP contribution in [-0.4, -0.2) is 42.9 Å². The number of nitrogens with one attached hydrogen (secondary N) is 1. The number of aliphatic carboxylic acids is 1. The van der Waals surface area contributed by atoms with Crippen LogP contribution in [0.3, 0.4) is 0 Å². The Kier molecular flexibility index (Phi) is 5.79. The van der Waals surface area contributed by atoms with Gasteiger partial charge in [-0.15, -0.1) is 0 Å². The number of methoxy groups -OCH3 is 1. The highest BCUT2D eigenvalue weighted by Gasteiger charge is 2.29. The number of alkyl halides is 3. The van der Waals surface area contributed by atoms with Gasteiger partial charge in [0.05, 0.1) is 13.0 Å². The highest BCUT2D eigenvalue weighted by molar-refractivity contribution is 5.83. The van der Waals surface area contributed by atoms with Gasteiger partial charge in [0.25, 0.3) is 0 Å². The van der Waals surface area contributed by atoms with E-state index in [4.69, 9.17) is 5.11 Å². The molecule has 94 valence electrons. The fourth-order valence-corrected chi connectivity index (χ4v) is 0.863. The van der Waals surface area contributed by atoms with Crippen LogP contribution in [0.4, 0.5) is 13.2 Å². The fraction of sp³-hybridized carbons (Fsp3) is 0.750. The Labute approximate surface area is 89.6 Å². The molecule has 1 atom stereocenters. The first-order valence-corrected chi connectivity index (χ1v) is 4.34. The molecule has 0 aliphatic rings. The summed E-state index contributed by atoms with van der Waals surface area (Å²) in [4.78, 5) is 21.5. The molecule has 0 aromatic rings. The van der Waals surface area contributed by atoms with Gasteiger partial charge in [-0.2, -0.15) is 13.2 Å². The van der Waals surface area contributed by atoms with Crippen molar-refractivity contribution in [3.63, 3.8) is 0 Å². The number of halogens is 3. The summed E-state index contributed by atoms with van der Waals surface area (Å²) in [5.74, 6) is -2.33. The molecule has 0 aliphatic carbocycles. The monoisotopic (exact) mass is 243 g/mol. The van der Waals surface area contributed by atoms with E-state index in [1.165, 1.54) is 7.11 Å². The molecule has 0 aliphatic heterocycles. The lowest BCUT2D eigenvalue weighted by Crippen LogP contribution is -2.44. The lowest BCUT2D eigenvalue weighted by atomic mass is 10.2. The molecule has 5 nitrogen and oxygen atoms in total. The summed E-state index contributed by atoms with van der Waals surface area (Å²) in [5, 5.41) is 10.5. The van der Waals surface area contributed by atoms with Gasteiger partial charge in [-0.25, -0.2) is 4.79 Å². The van der Waals surface area contributed by atoms with Crippen molar-refractivity contribution in [1.29, 1.82) is 0 Å². The van der Waals surface area contributed by atoms with E-state index in [2.05, 4.69) is 4.74 Å². The molecule has 1 amide bonds. The van der Waals surface area contributed by atoms with Gasteiger partial charge in [-0.05, 0) is 0 Å². The zero-order valence-corrected chi connectivity index (χ0v) is 8.50.